The van der Waals surface area contributed by atoms with Crippen molar-refractivity contribution >= 4 is 33.1 Å². The SMILES string of the molecule is CCOc1ccc(NC(=O)COCc2nc3ccccc3s2)cc1OCC. The van der Waals surface area contributed by atoms with Crippen LogP contribution in [0, 0.1) is 0 Å². The molecule has 1 heterocycles. The normalized spacial score (nSPS) is 10.7. The molecule has 27 heavy (non-hydrogen) atoms. The average Bonchev–Trinajstić information content (AvgIpc) is 3.07. The molecule has 142 valence electrons. The van der Waals surface area contributed by atoms with Crippen molar-refractivity contribution in [2.45, 2.75) is 20.5 Å². The summed E-state index contributed by atoms with van der Waals surface area (Å²) in [5.74, 6) is 1.03. The molecule has 0 unspecified atom stereocenters. The van der Waals surface area contributed by atoms with Gasteiger partial charge in [0.1, 0.15) is 11.6 Å². The van der Waals surface area contributed by atoms with Crippen molar-refractivity contribution in [3.05, 3.63) is 47.5 Å². The van der Waals surface area contributed by atoms with Crippen molar-refractivity contribution < 1.29 is 19.0 Å². The number of hydrogen-bond donors (Lipinski definition) is 1. The summed E-state index contributed by atoms with van der Waals surface area (Å²) in [6.07, 6.45) is 0. The van der Waals surface area contributed by atoms with Crippen molar-refractivity contribution in [2.24, 2.45) is 0 Å². The summed E-state index contributed by atoms with van der Waals surface area (Å²) in [5.41, 5.74) is 1.58. The molecule has 1 N–H and O–H groups in total. The van der Waals surface area contributed by atoms with Gasteiger partial charge in [0.25, 0.3) is 0 Å². The summed E-state index contributed by atoms with van der Waals surface area (Å²) >= 11 is 1.57. The second kappa shape index (κ2) is 9.34. The van der Waals surface area contributed by atoms with E-state index in [0.717, 1.165) is 15.2 Å². The number of rotatable bonds is 9. The molecule has 1 amide bonds. The highest BCUT2D eigenvalue weighted by molar-refractivity contribution is 7.18. The van der Waals surface area contributed by atoms with Gasteiger partial charge in [-0.1, -0.05) is 12.1 Å². The molecule has 0 radical (unpaired) electrons. The van der Waals surface area contributed by atoms with Crippen LogP contribution < -0.4 is 14.8 Å². The van der Waals surface area contributed by atoms with Gasteiger partial charge in [-0.3, -0.25) is 4.79 Å². The van der Waals surface area contributed by atoms with Crippen LogP contribution in [0.3, 0.4) is 0 Å². The molecule has 0 bridgehead atoms. The monoisotopic (exact) mass is 386 g/mol. The van der Waals surface area contributed by atoms with Gasteiger partial charge in [0.2, 0.25) is 5.91 Å². The number of thiazole rings is 1. The van der Waals surface area contributed by atoms with Crippen molar-refractivity contribution in [3.63, 3.8) is 0 Å². The summed E-state index contributed by atoms with van der Waals surface area (Å²) in [6, 6.07) is 13.2. The topological polar surface area (TPSA) is 69.7 Å². The molecule has 0 aliphatic heterocycles. The lowest BCUT2D eigenvalue weighted by Gasteiger charge is -2.13. The number of benzene rings is 2. The van der Waals surface area contributed by atoms with E-state index < -0.39 is 0 Å². The highest BCUT2D eigenvalue weighted by atomic mass is 32.1. The van der Waals surface area contributed by atoms with Crippen molar-refractivity contribution in [1.29, 1.82) is 0 Å². The number of amides is 1. The predicted octanol–water partition coefficient (Wildman–Crippen LogP) is 4.25. The third kappa shape index (κ3) is 5.18. The van der Waals surface area contributed by atoms with Crippen molar-refractivity contribution in [1.82, 2.24) is 4.98 Å². The second-order valence-electron chi connectivity index (χ2n) is 5.64. The smallest absolute Gasteiger partial charge is 0.250 e. The summed E-state index contributed by atoms with van der Waals surface area (Å²) < 4.78 is 17.7. The third-order valence-electron chi connectivity index (χ3n) is 3.62. The molecule has 0 aliphatic carbocycles. The minimum absolute atomic E-state index is 0.0485. The first-order valence-corrected chi connectivity index (χ1v) is 9.63. The van der Waals surface area contributed by atoms with Crippen LogP contribution in [-0.2, 0) is 16.1 Å². The lowest BCUT2D eigenvalue weighted by atomic mass is 10.2. The molecule has 0 spiro atoms. The first-order valence-electron chi connectivity index (χ1n) is 8.81. The van der Waals surface area contributed by atoms with Gasteiger partial charge >= 0.3 is 0 Å². The van der Waals surface area contributed by atoms with Gasteiger partial charge in [-0.25, -0.2) is 4.98 Å². The van der Waals surface area contributed by atoms with Crippen molar-refractivity contribution in [2.75, 3.05) is 25.1 Å². The molecule has 0 fully saturated rings. The van der Waals surface area contributed by atoms with Crippen LogP contribution in [0.2, 0.25) is 0 Å². The number of hydrogen-bond acceptors (Lipinski definition) is 6. The van der Waals surface area contributed by atoms with Crippen LogP contribution in [0.25, 0.3) is 10.2 Å². The number of carbonyl (C=O) groups is 1. The van der Waals surface area contributed by atoms with Crippen LogP contribution >= 0.6 is 11.3 Å². The van der Waals surface area contributed by atoms with Crippen LogP contribution in [-0.4, -0.2) is 30.7 Å². The Kier molecular flexibility index (Phi) is 6.62. The molecule has 0 aliphatic rings. The van der Waals surface area contributed by atoms with E-state index >= 15 is 0 Å². The number of aromatic nitrogens is 1. The Labute approximate surface area is 162 Å². The lowest BCUT2D eigenvalue weighted by Crippen LogP contribution is -2.18. The quantitative estimate of drug-likeness (QED) is 0.595. The zero-order valence-electron chi connectivity index (χ0n) is 15.4. The Hall–Kier alpha value is -2.64. The Morgan fingerprint density at radius 1 is 1.07 bits per heavy atom. The van der Waals surface area contributed by atoms with Gasteiger partial charge in [-0.2, -0.15) is 0 Å². The van der Waals surface area contributed by atoms with Gasteiger partial charge in [-0.15, -0.1) is 11.3 Å². The third-order valence-corrected chi connectivity index (χ3v) is 4.63. The van der Waals surface area contributed by atoms with Gasteiger partial charge in [0.15, 0.2) is 11.5 Å². The minimum atomic E-state index is -0.234. The zero-order chi connectivity index (χ0) is 19.1. The molecule has 6 nitrogen and oxygen atoms in total. The summed E-state index contributed by atoms with van der Waals surface area (Å²) in [4.78, 5) is 16.6. The lowest BCUT2D eigenvalue weighted by molar-refractivity contribution is -0.121. The van der Waals surface area contributed by atoms with Crippen LogP contribution in [0.15, 0.2) is 42.5 Å². The van der Waals surface area contributed by atoms with Crippen LogP contribution in [0.1, 0.15) is 18.9 Å². The van der Waals surface area contributed by atoms with Crippen LogP contribution in [0.4, 0.5) is 5.69 Å². The molecular weight excluding hydrogens is 364 g/mol. The first kappa shape index (κ1) is 19.1. The number of fused-ring (bicyclic) bond motifs is 1. The standard InChI is InChI=1S/C20H22N2O4S/c1-3-25-16-10-9-14(11-17(16)26-4-2)21-19(23)12-24-13-20-22-15-7-5-6-8-18(15)27-20/h5-11H,3-4,12-13H2,1-2H3,(H,21,23). The highest BCUT2D eigenvalue weighted by Gasteiger charge is 2.10. The fourth-order valence-corrected chi connectivity index (χ4v) is 3.44. The van der Waals surface area contributed by atoms with E-state index in [1.54, 1.807) is 29.5 Å². The minimum Gasteiger partial charge on any atom is -0.490 e. The molecule has 3 aromatic rings. The van der Waals surface area contributed by atoms with E-state index in [9.17, 15) is 4.79 Å². The van der Waals surface area contributed by atoms with Crippen molar-refractivity contribution in [3.8, 4) is 11.5 Å². The second-order valence-corrected chi connectivity index (χ2v) is 6.76. The van der Waals surface area contributed by atoms with E-state index in [2.05, 4.69) is 10.3 Å². The number of carbonyl (C=O) groups excluding carboxylic acids is 1. The molecule has 2 aromatic carbocycles. The summed E-state index contributed by atoms with van der Waals surface area (Å²) in [6.45, 7) is 5.13. The largest absolute Gasteiger partial charge is 0.490 e. The maximum absolute atomic E-state index is 12.1. The summed E-state index contributed by atoms with van der Waals surface area (Å²) in [7, 11) is 0. The Balaban J connectivity index is 1.53. The van der Waals surface area contributed by atoms with E-state index in [1.807, 2.05) is 38.1 Å². The predicted molar refractivity (Wildman–Crippen MR) is 107 cm³/mol. The van der Waals surface area contributed by atoms with Gasteiger partial charge in [-0.05, 0) is 38.1 Å². The van der Waals surface area contributed by atoms with Gasteiger partial charge < -0.3 is 19.5 Å². The number of anilines is 1. The van der Waals surface area contributed by atoms with E-state index in [1.165, 1.54) is 0 Å². The first-order chi connectivity index (χ1) is 13.2. The number of para-hydroxylation sites is 1. The maximum atomic E-state index is 12.1. The number of ether oxygens (including phenoxy) is 3. The zero-order valence-corrected chi connectivity index (χ0v) is 16.2. The summed E-state index contributed by atoms with van der Waals surface area (Å²) in [5, 5.41) is 3.66. The van der Waals surface area contributed by atoms with Gasteiger partial charge in [0.05, 0.1) is 30.0 Å². The van der Waals surface area contributed by atoms with E-state index in [4.69, 9.17) is 14.2 Å². The maximum Gasteiger partial charge on any atom is 0.250 e. The molecule has 0 atom stereocenters. The van der Waals surface area contributed by atoms with Gasteiger partial charge in [0, 0.05) is 11.8 Å². The Bertz CT molecular complexity index is 877. The fourth-order valence-electron chi connectivity index (χ4n) is 2.54. The molecule has 0 saturated carbocycles. The molecule has 1 aromatic heterocycles. The Morgan fingerprint density at radius 2 is 1.85 bits per heavy atom. The molecule has 3 rings (SSSR count). The number of nitrogens with zero attached hydrogens (tertiary/aromatic N) is 1. The molecule has 7 heteroatoms. The van der Waals surface area contributed by atoms with Crippen LogP contribution in [0.5, 0.6) is 11.5 Å². The highest BCUT2D eigenvalue weighted by Crippen LogP contribution is 2.30. The number of nitrogens with one attached hydrogen (secondary N) is 1. The molecular formula is C20H22N2O4S. The van der Waals surface area contributed by atoms with E-state index in [-0.39, 0.29) is 12.5 Å². The average molecular weight is 386 g/mol. The van der Waals surface area contributed by atoms with E-state index in [0.29, 0.717) is 37.0 Å². The fraction of sp³-hybridized carbons (Fsp3) is 0.300. The Morgan fingerprint density at radius 3 is 2.63 bits per heavy atom. The molecule has 0 saturated heterocycles.